The van der Waals surface area contributed by atoms with Gasteiger partial charge in [0, 0.05) is 29.8 Å². The molecule has 1 amide bonds. The molecule has 1 aliphatic carbocycles. The Bertz CT molecular complexity index is 1730. The highest BCUT2D eigenvalue weighted by atomic mass is 35.5. The third-order valence-electron chi connectivity index (χ3n) is 10.9. The first-order valence-corrected chi connectivity index (χ1v) is 21.9. The summed E-state index contributed by atoms with van der Waals surface area (Å²) in [4.78, 5) is 33.7. The second-order valence-electron chi connectivity index (χ2n) is 16.7. The Morgan fingerprint density at radius 1 is 1.22 bits per heavy atom. The molecule has 0 bridgehead atoms. The Morgan fingerprint density at radius 2 is 1.94 bits per heavy atom. The highest BCUT2D eigenvalue weighted by Crippen LogP contribution is 2.46. The number of aromatic amines is 1. The van der Waals surface area contributed by atoms with Gasteiger partial charge in [0.1, 0.15) is 21.5 Å². The minimum absolute atomic E-state index is 0.0237. The Labute approximate surface area is 306 Å². The molecule has 2 fully saturated rings. The van der Waals surface area contributed by atoms with Crippen LogP contribution in [0.25, 0.3) is 11.0 Å². The maximum Gasteiger partial charge on any atom is 0.407 e. The number of nitrogens with one attached hydrogen (secondary N) is 2. The molecule has 14 heteroatoms. The molecule has 2 saturated heterocycles. The van der Waals surface area contributed by atoms with Crippen LogP contribution in [-0.2, 0) is 26.9 Å². The number of anilines is 1. The van der Waals surface area contributed by atoms with E-state index in [4.69, 9.17) is 40.5 Å². The normalized spacial score (nSPS) is 22.6. The van der Waals surface area contributed by atoms with Crippen LogP contribution < -0.4 is 10.2 Å². The molecular formula is C36H53ClN6O5SSi. The van der Waals surface area contributed by atoms with Crippen molar-refractivity contribution >= 4 is 54.6 Å². The van der Waals surface area contributed by atoms with Crippen LogP contribution in [0.4, 0.5) is 10.6 Å². The van der Waals surface area contributed by atoms with Gasteiger partial charge >= 0.3 is 6.09 Å². The third kappa shape index (κ3) is 7.54. The molecule has 11 nitrogen and oxygen atoms in total. The van der Waals surface area contributed by atoms with E-state index < -0.39 is 20.0 Å². The van der Waals surface area contributed by atoms with Crippen molar-refractivity contribution in [1.82, 2.24) is 25.3 Å². The van der Waals surface area contributed by atoms with E-state index in [0.29, 0.717) is 41.4 Å². The number of hydrogen-bond acceptors (Lipinski definition) is 10. The molecule has 2 aliphatic heterocycles. The third-order valence-corrected chi connectivity index (χ3v) is 16.8. The van der Waals surface area contributed by atoms with Crippen molar-refractivity contribution < 1.29 is 23.8 Å². The molecule has 3 aromatic heterocycles. The number of carbonyl (C=O) groups is 1. The number of halogens is 1. The SMILES string of the molecule is C[C@@H]1OCC2(CCN(c3ncc(Sc4cc5[nH]c6c(c5nc4Cl)CCCC6O[Si](C)(C)C(C)(C)C)nc3CO)CC2)[C@@H]1NC(=O)OC(C)(C)C. The molecule has 0 aromatic carbocycles. The smallest absolute Gasteiger partial charge is 0.407 e. The quantitative estimate of drug-likeness (QED) is 0.162. The minimum Gasteiger partial charge on any atom is -0.444 e. The zero-order valence-corrected chi connectivity index (χ0v) is 33.5. The topological polar surface area (TPSA) is 135 Å². The van der Waals surface area contributed by atoms with Gasteiger partial charge in [0.25, 0.3) is 0 Å². The maximum absolute atomic E-state index is 12.7. The lowest BCUT2D eigenvalue weighted by Crippen LogP contribution is -2.55. The van der Waals surface area contributed by atoms with E-state index in [-0.39, 0.29) is 35.3 Å². The highest BCUT2D eigenvalue weighted by Gasteiger charge is 2.51. The Hall–Kier alpha value is -2.42. The fraction of sp³-hybridized carbons (Fsp3) is 0.667. The van der Waals surface area contributed by atoms with E-state index in [1.54, 1.807) is 6.20 Å². The van der Waals surface area contributed by atoms with Gasteiger partial charge in [-0.15, -0.1) is 0 Å². The first kappa shape index (κ1) is 37.3. The van der Waals surface area contributed by atoms with Crippen molar-refractivity contribution in [1.29, 1.82) is 0 Å². The summed E-state index contributed by atoms with van der Waals surface area (Å²) >= 11 is 8.19. The number of H-pyrrole nitrogens is 1. The number of aryl methyl sites for hydroxylation is 1. The van der Waals surface area contributed by atoms with E-state index in [2.05, 4.69) is 49.1 Å². The highest BCUT2D eigenvalue weighted by molar-refractivity contribution is 7.99. The summed E-state index contributed by atoms with van der Waals surface area (Å²) in [6.07, 6.45) is 5.79. The molecule has 3 N–H and O–H groups in total. The maximum atomic E-state index is 12.7. The fourth-order valence-corrected chi connectivity index (χ4v) is 9.59. The van der Waals surface area contributed by atoms with Gasteiger partial charge in [-0.2, -0.15) is 0 Å². The number of aromatic nitrogens is 4. The molecule has 3 aromatic rings. The standard InChI is InChI=1S/C36H53ClN6O5SSi/c1-21-30(42-33(45)47-34(2,3)4)36(20-46-21)13-15-43(16-14-36)32-24(19-44)39-27(18-38-32)49-26-17-23-28(41-31(26)37)22-11-10-12-25(29(22)40-23)48-50(8,9)35(5,6)7/h17-18,21,25,30,40,44H,10-16,19-20H2,1-9H3,(H,42,45)/t21-,25?,30+/m0/s1. The molecular weight excluding hydrogens is 692 g/mol. The predicted octanol–water partition coefficient (Wildman–Crippen LogP) is 7.95. The summed E-state index contributed by atoms with van der Waals surface area (Å²) in [5, 5.41) is 14.7. The first-order valence-electron chi connectivity index (χ1n) is 17.8. The van der Waals surface area contributed by atoms with Gasteiger partial charge < -0.3 is 34.2 Å². The number of rotatable bonds is 7. The first-order chi connectivity index (χ1) is 23.4. The summed E-state index contributed by atoms with van der Waals surface area (Å²) in [7, 11) is -1.97. The number of piperidine rings is 1. The lowest BCUT2D eigenvalue weighted by molar-refractivity contribution is 0.0434. The van der Waals surface area contributed by atoms with Gasteiger partial charge in [-0.1, -0.05) is 44.1 Å². The number of ether oxygens (including phenoxy) is 2. The van der Waals surface area contributed by atoms with E-state index in [1.807, 2.05) is 33.8 Å². The summed E-state index contributed by atoms with van der Waals surface area (Å²) < 4.78 is 18.5. The molecule has 0 saturated carbocycles. The second-order valence-corrected chi connectivity index (χ2v) is 22.9. The molecule has 3 atom stereocenters. The van der Waals surface area contributed by atoms with Crippen molar-refractivity contribution in [2.75, 3.05) is 24.6 Å². The van der Waals surface area contributed by atoms with Gasteiger partial charge in [0.05, 0.1) is 53.6 Å². The number of hydrogen-bond donors (Lipinski definition) is 3. The van der Waals surface area contributed by atoms with E-state index in [9.17, 15) is 9.90 Å². The van der Waals surface area contributed by atoms with Crippen LogP contribution in [0.1, 0.15) is 97.2 Å². The second kappa shape index (κ2) is 13.9. The van der Waals surface area contributed by atoms with Crippen LogP contribution in [0.3, 0.4) is 0 Å². The van der Waals surface area contributed by atoms with Crippen LogP contribution >= 0.6 is 23.4 Å². The average Bonchev–Trinajstić information content (AvgIpc) is 3.53. The number of aliphatic hydroxyl groups is 1. The molecule has 5 heterocycles. The number of alkyl carbamates (subject to hydrolysis) is 1. The summed E-state index contributed by atoms with van der Waals surface area (Å²) in [5.74, 6) is 0.666. The number of carbonyl (C=O) groups excluding carboxylic acids is 1. The number of amides is 1. The van der Waals surface area contributed by atoms with Crippen molar-refractivity contribution in [3.63, 3.8) is 0 Å². The van der Waals surface area contributed by atoms with E-state index in [0.717, 1.165) is 53.7 Å². The lowest BCUT2D eigenvalue weighted by atomic mass is 9.73. The van der Waals surface area contributed by atoms with Gasteiger partial charge in [-0.05, 0) is 84.0 Å². The van der Waals surface area contributed by atoms with Crippen molar-refractivity contribution in [2.45, 2.75) is 139 Å². The Balaban J connectivity index is 1.17. The molecule has 50 heavy (non-hydrogen) atoms. The predicted molar refractivity (Wildman–Crippen MR) is 200 cm³/mol. The van der Waals surface area contributed by atoms with Crippen LogP contribution in [0.2, 0.25) is 23.3 Å². The van der Waals surface area contributed by atoms with Crippen LogP contribution in [0.5, 0.6) is 0 Å². The summed E-state index contributed by atoms with van der Waals surface area (Å²) in [6.45, 7) is 20.7. The molecule has 6 rings (SSSR count). The van der Waals surface area contributed by atoms with Crippen LogP contribution in [-0.4, -0.2) is 76.9 Å². The van der Waals surface area contributed by atoms with Crippen molar-refractivity contribution in [2.24, 2.45) is 5.41 Å². The Kier molecular flexibility index (Phi) is 10.3. The van der Waals surface area contributed by atoms with E-state index in [1.165, 1.54) is 17.3 Å². The zero-order valence-electron chi connectivity index (χ0n) is 30.9. The molecule has 1 spiro atoms. The lowest BCUT2D eigenvalue weighted by Gasteiger charge is -2.43. The summed E-state index contributed by atoms with van der Waals surface area (Å²) in [6, 6.07) is 1.89. The average molecular weight is 745 g/mol. The largest absolute Gasteiger partial charge is 0.444 e. The van der Waals surface area contributed by atoms with E-state index >= 15 is 0 Å². The minimum atomic E-state index is -1.97. The van der Waals surface area contributed by atoms with Gasteiger partial charge in [-0.3, -0.25) is 0 Å². The van der Waals surface area contributed by atoms with Crippen molar-refractivity contribution in [3.8, 4) is 0 Å². The number of pyridine rings is 1. The van der Waals surface area contributed by atoms with Crippen LogP contribution in [0.15, 0.2) is 22.2 Å². The molecule has 0 radical (unpaired) electrons. The van der Waals surface area contributed by atoms with Crippen LogP contribution in [0, 0.1) is 5.41 Å². The molecule has 1 unspecified atom stereocenters. The monoisotopic (exact) mass is 744 g/mol. The Morgan fingerprint density at radius 3 is 2.60 bits per heavy atom. The number of nitrogens with zero attached hydrogens (tertiary/aromatic N) is 4. The fourth-order valence-electron chi connectivity index (χ4n) is 7.24. The zero-order chi connectivity index (χ0) is 36.2. The number of aliphatic hydroxyl groups excluding tert-OH is 1. The van der Waals surface area contributed by atoms with Gasteiger partial charge in [0.15, 0.2) is 14.1 Å². The molecule has 274 valence electrons. The molecule has 3 aliphatic rings. The number of fused-ring (bicyclic) bond motifs is 3. The van der Waals surface area contributed by atoms with Gasteiger partial charge in [0.2, 0.25) is 0 Å². The van der Waals surface area contributed by atoms with Gasteiger partial charge in [-0.25, -0.2) is 19.7 Å². The summed E-state index contributed by atoms with van der Waals surface area (Å²) in [5.41, 5.74) is 3.90. The van der Waals surface area contributed by atoms with Crippen molar-refractivity contribution in [3.05, 3.63) is 34.4 Å².